The lowest BCUT2D eigenvalue weighted by Crippen LogP contribution is -2.33. The number of carbonyl (C=O) groups excluding carboxylic acids is 1. The molecule has 0 aromatic heterocycles. The van der Waals surface area contributed by atoms with Crippen molar-refractivity contribution in [2.75, 3.05) is 0 Å². The summed E-state index contributed by atoms with van der Waals surface area (Å²) in [7, 11) is 0. The maximum atomic E-state index is 11.0. The Kier molecular flexibility index (Phi) is 2.15. The first kappa shape index (κ1) is 9.50. The van der Waals surface area contributed by atoms with E-state index in [-0.39, 0.29) is 16.6 Å². The quantitative estimate of drug-likeness (QED) is 0.540. The minimum atomic E-state index is 0.195. The lowest BCUT2D eigenvalue weighted by molar-refractivity contribution is -0.116. The minimum absolute atomic E-state index is 0.195. The van der Waals surface area contributed by atoms with Crippen molar-refractivity contribution in [1.29, 1.82) is 0 Å². The second-order valence-electron chi connectivity index (χ2n) is 4.97. The Morgan fingerprint density at radius 1 is 1.42 bits per heavy atom. The monoisotopic (exact) mass is 166 g/mol. The molecule has 1 unspecified atom stereocenters. The predicted molar refractivity (Wildman–Crippen MR) is 50.9 cm³/mol. The molecule has 0 saturated carbocycles. The molecule has 1 aliphatic rings. The Balaban J connectivity index is 2.88. The minimum Gasteiger partial charge on any atom is -0.295 e. The van der Waals surface area contributed by atoms with Gasteiger partial charge in [-0.05, 0) is 23.3 Å². The van der Waals surface area contributed by atoms with Gasteiger partial charge in [0.25, 0.3) is 0 Å². The molecule has 1 rings (SSSR count). The Morgan fingerprint density at radius 3 is 2.33 bits per heavy atom. The van der Waals surface area contributed by atoms with Gasteiger partial charge >= 0.3 is 0 Å². The van der Waals surface area contributed by atoms with Crippen LogP contribution in [0.15, 0.2) is 12.2 Å². The lowest BCUT2D eigenvalue weighted by Gasteiger charge is -2.41. The van der Waals surface area contributed by atoms with Crippen LogP contribution >= 0.6 is 0 Å². The highest BCUT2D eigenvalue weighted by Gasteiger charge is 2.36. The van der Waals surface area contributed by atoms with E-state index < -0.39 is 0 Å². The van der Waals surface area contributed by atoms with Crippen molar-refractivity contribution < 1.29 is 4.79 Å². The zero-order chi connectivity index (χ0) is 9.41. The van der Waals surface area contributed by atoms with Gasteiger partial charge in [-0.3, -0.25) is 4.79 Å². The molecule has 0 aromatic rings. The van der Waals surface area contributed by atoms with E-state index in [1.54, 1.807) is 6.08 Å². The molecule has 1 heteroatoms. The average molecular weight is 166 g/mol. The largest absolute Gasteiger partial charge is 0.295 e. The molecule has 0 amide bonds. The van der Waals surface area contributed by atoms with Crippen LogP contribution in [0.2, 0.25) is 0 Å². The number of rotatable bonds is 0. The highest BCUT2D eigenvalue weighted by atomic mass is 16.1. The first-order chi connectivity index (χ1) is 5.35. The molecule has 0 spiro atoms. The second-order valence-corrected chi connectivity index (χ2v) is 4.97. The van der Waals surface area contributed by atoms with E-state index in [0.29, 0.717) is 6.42 Å². The SMILES string of the molecule is CC(C)(C)C1(C)C=CC(=O)CC1. The van der Waals surface area contributed by atoms with E-state index in [9.17, 15) is 4.79 Å². The molecule has 68 valence electrons. The summed E-state index contributed by atoms with van der Waals surface area (Å²) in [6.07, 6.45) is 5.53. The highest BCUT2D eigenvalue weighted by Crippen LogP contribution is 2.45. The number of allylic oxidation sites excluding steroid dienone is 2. The van der Waals surface area contributed by atoms with Gasteiger partial charge in [0.15, 0.2) is 5.78 Å². The molecular formula is C11H18O. The summed E-state index contributed by atoms with van der Waals surface area (Å²) in [6, 6.07) is 0. The normalized spacial score (nSPS) is 30.8. The Bertz CT molecular complexity index is 220. The average Bonchev–Trinajstić information content (AvgIpc) is 1.93. The molecule has 0 bridgehead atoms. The van der Waals surface area contributed by atoms with E-state index in [1.807, 2.05) is 0 Å². The number of hydrogen-bond acceptors (Lipinski definition) is 1. The van der Waals surface area contributed by atoms with Gasteiger partial charge in [0.05, 0.1) is 0 Å². The van der Waals surface area contributed by atoms with Gasteiger partial charge in [-0.2, -0.15) is 0 Å². The van der Waals surface area contributed by atoms with Gasteiger partial charge in [-0.25, -0.2) is 0 Å². The van der Waals surface area contributed by atoms with Crippen LogP contribution in [0.25, 0.3) is 0 Å². The van der Waals surface area contributed by atoms with Crippen LogP contribution in [0.5, 0.6) is 0 Å². The van der Waals surface area contributed by atoms with Gasteiger partial charge in [0.2, 0.25) is 0 Å². The molecule has 0 aliphatic heterocycles. The maximum absolute atomic E-state index is 11.0. The molecule has 12 heavy (non-hydrogen) atoms. The lowest BCUT2D eigenvalue weighted by atomic mass is 9.63. The molecule has 0 aromatic carbocycles. The second kappa shape index (κ2) is 2.72. The Labute approximate surface area is 74.9 Å². The third kappa shape index (κ3) is 1.60. The van der Waals surface area contributed by atoms with Gasteiger partial charge < -0.3 is 0 Å². The van der Waals surface area contributed by atoms with Crippen LogP contribution in [0.1, 0.15) is 40.5 Å². The van der Waals surface area contributed by atoms with Crippen LogP contribution in [-0.2, 0) is 4.79 Å². The zero-order valence-electron chi connectivity index (χ0n) is 8.48. The maximum Gasteiger partial charge on any atom is 0.155 e. The van der Waals surface area contributed by atoms with Gasteiger partial charge in [-0.1, -0.05) is 33.8 Å². The van der Waals surface area contributed by atoms with Crippen molar-refractivity contribution in [3.63, 3.8) is 0 Å². The predicted octanol–water partition coefficient (Wildman–Crippen LogP) is 2.96. The molecule has 1 nitrogen and oxygen atoms in total. The fourth-order valence-corrected chi connectivity index (χ4v) is 1.45. The van der Waals surface area contributed by atoms with E-state index in [1.165, 1.54) is 0 Å². The molecule has 0 saturated heterocycles. The Morgan fingerprint density at radius 2 is 2.00 bits per heavy atom. The van der Waals surface area contributed by atoms with E-state index in [2.05, 4.69) is 33.8 Å². The van der Waals surface area contributed by atoms with E-state index in [0.717, 1.165) is 6.42 Å². The van der Waals surface area contributed by atoms with Crippen LogP contribution in [-0.4, -0.2) is 5.78 Å². The summed E-state index contributed by atoms with van der Waals surface area (Å²) in [5.41, 5.74) is 0.450. The van der Waals surface area contributed by atoms with Gasteiger partial charge in [0.1, 0.15) is 0 Å². The highest BCUT2D eigenvalue weighted by molar-refractivity contribution is 5.90. The summed E-state index contributed by atoms with van der Waals surface area (Å²) in [5.74, 6) is 0.275. The van der Waals surface area contributed by atoms with Crippen molar-refractivity contribution in [2.45, 2.75) is 40.5 Å². The summed E-state index contributed by atoms with van der Waals surface area (Å²) in [4.78, 5) is 11.0. The molecule has 0 radical (unpaired) electrons. The summed E-state index contributed by atoms with van der Waals surface area (Å²) >= 11 is 0. The van der Waals surface area contributed by atoms with Crippen LogP contribution in [0, 0.1) is 10.8 Å². The summed E-state index contributed by atoms with van der Waals surface area (Å²) in [6.45, 7) is 8.92. The fraction of sp³-hybridized carbons (Fsp3) is 0.727. The van der Waals surface area contributed by atoms with Crippen molar-refractivity contribution in [3.05, 3.63) is 12.2 Å². The first-order valence-corrected chi connectivity index (χ1v) is 4.57. The smallest absolute Gasteiger partial charge is 0.155 e. The molecule has 0 heterocycles. The molecule has 1 atom stereocenters. The van der Waals surface area contributed by atoms with Gasteiger partial charge in [-0.15, -0.1) is 0 Å². The number of ketones is 1. The van der Waals surface area contributed by atoms with Gasteiger partial charge in [0, 0.05) is 6.42 Å². The molecule has 0 N–H and O–H groups in total. The first-order valence-electron chi connectivity index (χ1n) is 4.57. The van der Waals surface area contributed by atoms with Crippen LogP contribution in [0.3, 0.4) is 0 Å². The number of carbonyl (C=O) groups is 1. The zero-order valence-corrected chi connectivity index (χ0v) is 8.48. The van der Waals surface area contributed by atoms with Crippen molar-refractivity contribution in [2.24, 2.45) is 10.8 Å². The topological polar surface area (TPSA) is 17.1 Å². The molecule has 1 aliphatic carbocycles. The summed E-state index contributed by atoms with van der Waals surface area (Å²) in [5, 5.41) is 0. The molecular weight excluding hydrogens is 148 g/mol. The summed E-state index contributed by atoms with van der Waals surface area (Å²) < 4.78 is 0. The standard InChI is InChI=1S/C11H18O/c1-10(2,3)11(4)7-5-9(12)6-8-11/h5,7H,6,8H2,1-4H3. The molecule has 0 fully saturated rings. The Hall–Kier alpha value is -0.590. The van der Waals surface area contributed by atoms with E-state index >= 15 is 0 Å². The van der Waals surface area contributed by atoms with Crippen molar-refractivity contribution >= 4 is 5.78 Å². The number of hydrogen-bond donors (Lipinski definition) is 0. The van der Waals surface area contributed by atoms with E-state index in [4.69, 9.17) is 0 Å². The third-order valence-corrected chi connectivity index (χ3v) is 3.24. The van der Waals surface area contributed by atoms with Crippen molar-refractivity contribution in [1.82, 2.24) is 0 Å². The third-order valence-electron chi connectivity index (χ3n) is 3.24. The fourth-order valence-electron chi connectivity index (χ4n) is 1.45. The van der Waals surface area contributed by atoms with Crippen LogP contribution < -0.4 is 0 Å². The van der Waals surface area contributed by atoms with Crippen molar-refractivity contribution in [3.8, 4) is 0 Å². The van der Waals surface area contributed by atoms with Crippen LogP contribution in [0.4, 0.5) is 0 Å².